The number of carboxylic acid groups (broad SMARTS) is 1. The maximum Gasteiger partial charge on any atom is 0.328 e. The number of carboxylic acids is 1. The zero-order chi connectivity index (χ0) is 12.3. The molecule has 0 aliphatic carbocycles. The van der Waals surface area contributed by atoms with Gasteiger partial charge >= 0.3 is 5.97 Å². The number of hydrogen-bond acceptors (Lipinski definition) is 4. The number of aromatic nitrogens is 1. The summed E-state index contributed by atoms with van der Waals surface area (Å²) in [5.41, 5.74) is 0. The van der Waals surface area contributed by atoms with Crippen LogP contribution in [0.5, 0.6) is 0 Å². The Balaban J connectivity index is 2.38. The molecule has 88 valence electrons. The lowest BCUT2D eigenvalue weighted by Gasteiger charge is -2.13. The van der Waals surface area contributed by atoms with Gasteiger partial charge in [0, 0.05) is 11.6 Å². The highest BCUT2D eigenvalue weighted by molar-refractivity contribution is 5.93. The molecule has 1 unspecified atom stereocenters. The number of pyridine rings is 1. The van der Waals surface area contributed by atoms with Gasteiger partial charge in [0.25, 0.3) is 0 Å². The Bertz CT molecular complexity index is 537. The second-order valence-corrected chi connectivity index (χ2v) is 3.60. The van der Waals surface area contributed by atoms with Crippen molar-refractivity contribution in [3.05, 3.63) is 36.5 Å². The lowest BCUT2D eigenvalue weighted by molar-refractivity contribution is -0.138. The fourth-order valence-corrected chi connectivity index (χ4v) is 1.59. The number of aliphatic carboxylic acids is 1. The van der Waals surface area contributed by atoms with E-state index in [0.29, 0.717) is 5.82 Å². The first-order chi connectivity index (χ1) is 8.22. The molecule has 0 amide bonds. The molecule has 5 heteroatoms. The first kappa shape index (κ1) is 11.3. The number of carbonyl (C=O) groups is 1. The minimum atomic E-state index is -1.11. The smallest absolute Gasteiger partial charge is 0.328 e. The SMILES string of the molecule is O=C(O)C(CO)Nc1nccc2ccccc12. The number of aliphatic hydroxyl groups excluding tert-OH is 1. The fraction of sp³-hybridized carbons (Fsp3) is 0.167. The number of nitrogens with zero attached hydrogens (tertiary/aromatic N) is 1. The van der Waals surface area contributed by atoms with Crippen LogP contribution in [0.4, 0.5) is 5.82 Å². The number of nitrogens with one attached hydrogen (secondary N) is 1. The molecule has 1 heterocycles. The normalized spacial score (nSPS) is 12.3. The van der Waals surface area contributed by atoms with Crippen molar-refractivity contribution >= 4 is 22.6 Å². The van der Waals surface area contributed by atoms with Crippen molar-refractivity contribution in [2.75, 3.05) is 11.9 Å². The highest BCUT2D eigenvalue weighted by Gasteiger charge is 2.17. The van der Waals surface area contributed by atoms with E-state index in [1.807, 2.05) is 30.3 Å². The molecule has 0 saturated heterocycles. The molecular formula is C12H12N2O3. The number of fused-ring (bicyclic) bond motifs is 1. The van der Waals surface area contributed by atoms with Crippen molar-refractivity contribution in [3.63, 3.8) is 0 Å². The van der Waals surface area contributed by atoms with Crippen molar-refractivity contribution in [2.24, 2.45) is 0 Å². The third kappa shape index (κ3) is 2.34. The van der Waals surface area contributed by atoms with E-state index >= 15 is 0 Å². The minimum Gasteiger partial charge on any atom is -0.480 e. The first-order valence-electron chi connectivity index (χ1n) is 5.16. The molecule has 2 aromatic rings. The summed E-state index contributed by atoms with van der Waals surface area (Å²) in [7, 11) is 0. The Labute approximate surface area is 97.7 Å². The van der Waals surface area contributed by atoms with Gasteiger partial charge in [-0.15, -0.1) is 0 Å². The summed E-state index contributed by atoms with van der Waals surface area (Å²) < 4.78 is 0. The fourth-order valence-electron chi connectivity index (χ4n) is 1.59. The van der Waals surface area contributed by atoms with E-state index in [0.717, 1.165) is 10.8 Å². The molecule has 3 N–H and O–H groups in total. The van der Waals surface area contributed by atoms with Gasteiger partial charge < -0.3 is 15.5 Å². The molecule has 1 atom stereocenters. The lowest BCUT2D eigenvalue weighted by atomic mass is 10.1. The summed E-state index contributed by atoms with van der Waals surface area (Å²) in [5.74, 6) is -0.646. The minimum absolute atomic E-state index is 0.463. The van der Waals surface area contributed by atoms with Gasteiger partial charge in [-0.3, -0.25) is 0 Å². The molecule has 0 fully saturated rings. The number of aliphatic hydroxyl groups is 1. The second kappa shape index (κ2) is 4.80. The van der Waals surface area contributed by atoms with Crippen LogP contribution in [0.1, 0.15) is 0 Å². The average molecular weight is 232 g/mol. The summed E-state index contributed by atoms with van der Waals surface area (Å²) in [4.78, 5) is 14.9. The van der Waals surface area contributed by atoms with E-state index < -0.39 is 18.6 Å². The summed E-state index contributed by atoms with van der Waals surface area (Å²) in [6.07, 6.45) is 1.60. The molecule has 0 bridgehead atoms. The summed E-state index contributed by atoms with van der Waals surface area (Å²) >= 11 is 0. The molecule has 5 nitrogen and oxygen atoms in total. The maximum absolute atomic E-state index is 10.8. The van der Waals surface area contributed by atoms with Gasteiger partial charge in [-0.05, 0) is 11.5 Å². The van der Waals surface area contributed by atoms with Crippen LogP contribution >= 0.6 is 0 Å². The van der Waals surface area contributed by atoms with Crippen molar-refractivity contribution in [1.29, 1.82) is 0 Å². The van der Waals surface area contributed by atoms with Crippen LogP contribution in [0.15, 0.2) is 36.5 Å². The van der Waals surface area contributed by atoms with Crippen LogP contribution in [-0.2, 0) is 4.79 Å². The number of benzene rings is 1. The van der Waals surface area contributed by atoms with Gasteiger partial charge in [-0.25, -0.2) is 9.78 Å². The maximum atomic E-state index is 10.8. The molecule has 0 aliphatic heterocycles. The van der Waals surface area contributed by atoms with Gasteiger partial charge in [0.1, 0.15) is 11.9 Å². The van der Waals surface area contributed by atoms with Crippen LogP contribution in [0.2, 0.25) is 0 Å². The van der Waals surface area contributed by atoms with Crippen LogP contribution in [0.3, 0.4) is 0 Å². The quantitative estimate of drug-likeness (QED) is 0.735. The highest BCUT2D eigenvalue weighted by atomic mass is 16.4. The van der Waals surface area contributed by atoms with Crippen LogP contribution < -0.4 is 5.32 Å². The Morgan fingerprint density at radius 2 is 2.12 bits per heavy atom. The molecule has 0 spiro atoms. The monoisotopic (exact) mass is 232 g/mol. The lowest BCUT2D eigenvalue weighted by Crippen LogP contribution is -2.33. The number of rotatable bonds is 4. The van der Waals surface area contributed by atoms with E-state index in [1.165, 1.54) is 0 Å². The van der Waals surface area contributed by atoms with Gasteiger partial charge in [0.15, 0.2) is 0 Å². The van der Waals surface area contributed by atoms with Crippen LogP contribution in [-0.4, -0.2) is 33.8 Å². The molecule has 17 heavy (non-hydrogen) atoms. The summed E-state index contributed by atoms with van der Waals surface area (Å²) in [5, 5.41) is 22.3. The molecule has 2 rings (SSSR count). The molecule has 0 saturated carbocycles. The molecule has 1 aromatic heterocycles. The van der Waals surface area contributed by atoms with Crippen molar-refractivity contribution in [3.8, 4) is 0 Å². The van der Waals surface area contributed by atoms with Gasteiger partial charge in [-0.2, -0.15) is 0 Å². The zero-order valence-corrected chi connectivity index (χ0v) is 9.00. The van der Waals surface area contributed by atoms with Crippen molar-refractivity contribution in [2.45, 2.75) is 6.04 Å². The largest absolute Gasteiger partial charge is 0.480 e. The molecule has 1 aromatic carbocycles. The topological polar surface area (TPSA) is 82.5 Å². The van der Waals surface area contributed by atoms with Gasteiger partial charge in [-0.1, -0.05) is 24.3 Å². The van der Waals surface area contributed by atoms with E-state index in [2.05, 4.69) is 10.3 Å². The highest BCUT2D eigenvalue weighted by Crippen LogP contribution is 2.20. The van der Waals surface area contributed by atoms with E-state index in [4.69, 9.17) is 10.2 Å². The van der Waals surface area contributed by atoms with Crippen molar-refractivity contribution < 1.29 is 15.0 Å². The third-order valence-electron chi connectivity index (χ3n) is 2.47. The Kier molecular flexibility index (Phi) is 3.20. The Morgan fingerprint density at radius 1 is 1.35 bits per heavy atom. The summed E-state index contributed by atoms with van der Waals surface area (Å²) in [6, 6.07) is 8.30. The Hall–Kier alpha value is -2.14. The predicted octanol–water partition coefficient (Wildman–Crippen LogP) is 1.09. The van der Waals surface area contributed by atoms with E-state index in [9.17, 15) is 4.79 Å². The second-order valence-electron chi connectivity index (χ2n) is 3.60. The van der Waals surface area contributed by atoms with Gasteiger partial charge in [0.2, 0.25) is 0 Å². The standard InChI is InChI=1S/C12H12N2O3/c15-7-10(12(16)17)14-11-9-4-2-1-3-8(9)5-6-13-11/h1-6,10,15H,7H2,(H,13,14)(H,16,17). The zero-order valence-electron chi connectivity index (χ0n) is 9.00. The first-order valence-corrected chi connectivity index (χ1v) is 5.16. The Morgan fingerprint density at radius 3 is 2.82 bits per heavy atom. The molecule has 0 aliphatic rings. The van der Waals surface area contributed by atoms with Crippen molar-refractivity contribution in [1.82, 2.24) is 4.98 Å². The number of anilines is 1. The third-order valence-corrected chi connectivity index (χ3v) is 2.47. The van der Waals surface area contributed by atoms with E-state index in [1.54, 1.807) is 6.20 Å². The number of hydrogen-bond donors (Lipinski definition) is 3. The van der Waals surface area contributed by atoms with Gasteiger partial charge in [0.05, 0.1) is 6.61 Å². The summed E-state index contributed by atoms with van der Waals surface area (Å²) in [6.45, 7) is -0.486. The average Bonchev–Trinajstić information content (AvgIpc) is 2.35. The predicted molar refractivity (Wildman–Crippen MR) is 63.9 cm³/mol. The van der Waals surface area contributed by atoms with Crippen LogP contribution in [0.25, 0.3) is 10.8 Å². The molecular weight excluding hydrogens is 220 g/mol. The molecule has 0 radical (unpaired) electrons. The van der Waals surface area contributed by atoms with Crippen LogP contribution in [0, 0.1) is 0 Å². The van der Waals surface area contributed by atoms with E-state index in [-0.39, 0.29) is 0 Å².